The van der Waals surface area contributed by atoms with Crippen LogP contribution < -0.4 is 9.46 Å². The third kappa shape index (κ3) is 3.76. The van der Waals surface area contributed by atoms with E-state index in [1.165, 1.54) is 19.2 Å². The standard InChI is InChI=1S/C15H15ClFNO3S/c1-10(11-3-5-12(16)6-4-11)18-22(19,20)13-7-8-15(21-2)14(17)9-13/h3-10,18H,1-2H3/t10-/m0/s1. The average molecular weight is 344 g/mol. The van der Waals surface area contributed by atoms with Crippen LogP contribution in [0.4, 0.5) is 4.39 Å². The first-order valence-electron chi connectivity index (χ1n) is 6.45. The normalized spacial score (nSPS) is 12.9. The lowest BCUT2D eigenvalue weighted by Gasteiger charge is -2.15. The predicted octanol–water partition coefficient (Wildman–Crippen LogP) is 3.53. The molecule has 0 aromatic heterocycles. The van der Waals surface area contributed by atoms with Crippen molar-refractivity contribution in [3.8, 4) is 5.75 Å². The molecule has 0 amide bonds. The van der Waals surface area contributed by atoms with E-state index < -0.39 is 21.9 Å². The Kier molecular flexibility index (Phi) is 5.05. The molecule has 2 rings (SSSR count). The van der Waals surface area contributed by atoms with E-state index >= 15 is 0 Å². The van der Waals surface area contributed by atoms with E-state index in [9.17, 15) is 12.8 Å². The summed E-state index contributed by atoms with van der Waals surface area (Å²) in [7, 11) is -2.53. The predicted molar refractivity (Wildman–Crippen MR) is 83.1 cm³/mol. The molecule has 0 heterocycles. The number of nitrogens with one attached hydrogen (secondary N) is 1. The molecule has 0 bridgehead atoms. The van der Waals surface area contributed by atoms with Crippen molar-refractivity contribution in [2.75, 3.05) is 7.11 Å². The zero-order valence-corrected chi connectivity index (χ0v) is 13.6. The van der Waals surface area contributed by atoms with Gasteiger partial charge in [0.25, 0.3) is 0 Å². The number of ether oxygens (including phenoxy) is 1. The fourth-order valence-electron chi connectivity index (χ4n) is 1.93. The van der Waals surface area contributed by atoms with E-state index in [-0.39, 0.29) is 10.6 Å². The van der Waals surface area contributed by atoms with Crippen molar-refractivity contribution < 1.29 is 17.5 Å². The zero-order valence-electron chi connectivity index (χ0n) is 12.0. The summed E-state index contributed by atoms with van der Waals surface area (Å²) in [5.74, 6) is -0.741. The van der Waals surface area contributed by atoms with Gasteiger partial charge in [0.1, 0.15) is 0 Å². The summed E-state index contributed by atoms with van der Waals surface area (Å²) in [6.07, 6.45) is 0. The quantitative estimate of drug-likeness (QED) is 0.903. The number of benzene rings is 2. The smallest absolute Gasteiger partial charge is 0.241 e. The molecular weight excluding hydrogens is 329 g/mol. The Labute approximate surface area is 133 Å². The van der Waals surface area contributed by atoms with Crippen molar-refractivity contribution in [2.45, 2.75) is 17.9 Å². The summed E-state index contributed by atoms with van der Waals surface area (Å²) >= 11 is 5.80. The summed E-state index contributed by atoms with van der Waals surface area (Å²) in [5, 5.41) is 0.566. The van der Waals surface area contributed by atoms with Crippen LogP contribution in [0.5, 0.6) is 5.75 Å². The van der Waals surface area contributed by atoms with E-state index in [0.717, 1.165) is 11.6 Å². The summed E-state index contributed by atoms with van der Waals surface area (Å²) in [6, 6.07) is 9.82. The second-order valence-corrected chi connectivity index (χ2v) is 6.84. The van der Waals surface area contributed by atoms with Crippen LogP contribution in [0.1, 0.15) is 18.5 Å². The molecule has 7 heteroatoms. The minimum absolute atomic E-state index is 0.00954. The summed E-state index contributed by atoms with van der Waals surface area (Å²) < 4.78 is 45.5. The topological polar surface area (TPSA) is 55.4 Å². The van der Waals surface area contributed by atoms with Crippen LogP contribution in [0.25, 0.3) is 0 Å². The fourth-order valence-corrected chi connectivity index (χ4v) is 3.30. The molecule has 0 saturated carbocycles. The van der Waals surface area contributed by atoms with Crippen LogP contribution in [-0.4, -0.2) is 15.5 Å². The lowest BCUT2D eigenvalue weighted by Crippen LogP contribution is -2.27. The lowest BCUT2D eigenvalue weighted by atomic mass is 10.1. The van der Waals surface area contributed by atoms with Crippen LogP contribution >= 0.6 is 11.6 Å². The Morgan fingerprint density at radius 3 is 2.36 bits per heavy atom. The summed E-state index contributed by atoms with van der Waals surface area (Å²) in [6.45, 7) is 1.70. The van der Waals surface area contributed by atoms with Crippen molar-refractivity contribution in [3.05, 3.63) is 58.9 Å². The molecule has 1 N–H and O–H groups in total. The number of rotatable bonds is 5. The molecule has 0 aliphatic heterocycles. The van der Waals surface area contributed by atoms with Gasteiger partial charge < -0.3 is 4.74 Å². The molecule has 22 heavy (non-hydrogen) atoms. The summed E-state index contributed by atoms with van der Waals surface area (Å²) in [5.41, 5.74) is 0.752. The van der Waals surface area contributed by atoms with E-state index in [4.69, 9.17) is 16.3 Å². The minimum atomic E-state index is -3.84. The van der Waals surface area contributed by atoms with E-state index in [1.54, 1.807) is 31.2 Å². The highest BCUT2D eigenvalue weighted by Crippen LogP contribution is 2.23. The van der Waals surface area contributed by atoms with E-state index in [0.29, 0.717) is 5.02 Å². The van der Waals surface area contributed by atoms with Crippen LogP contribution in [0.15, 0.2) is 47.4 Å². The SMILES string of the molecule is COc1ccc(S(=O)(=O)N[C@@H](C)c2ccc(Cl)cc2)cc1F. The van der Waals surface area contributed by atoms with Gasteiger partial charge in [0, 0.05) is 11.1 Å². The maximum Gasteiger partial charge on any atom is 0.241 e. The third-order valence-corrected chi connectivity index (χ3v) is 4.93. The van der Waals surface area contributed by atoms with Crippen molar-refractivity contribution >= 4 is 21.6 Å². The van der Waals surface area contributed by atoms with Crippen LogP contribution in [0.3, 0.4) is 0 Å². The third-order valence-electron chi connectivity index (χ3n) is 3.14. The van der Waals surface area contributed by atoms with Crippen LogP contribution in [-0.2, 0) is 10.0 Å². The van der Waals surface area contributed by atoms with Gasteiger partial charge >= 0.3 is 0 Å². The molecule has 0 radical (unpaired) electrons. The fraction of sp³-hybridized carbons (Fsp3) is 0.200. The largest absolute Gasteiger partial charge is 0.494 e. The highest BCUT2D eigenvalue weighted by atomic mass is 35.5. The van der Waals surface area contributed by atoms with Crippen molar-refractivity contribution in [1.29, 1.82) is 0 Å². The maximum atomic E-state index is 13.7. The first-order chi connectivity index (χ1) is 10.3. The Morgan fingerprint density at radius 2 is 1.82 bits per heavy atom. The molecule has 0 aliphatic carbocycles. The second kappa shape index (κ2) is 6.64. The van der Waals surface area contributed by atoms with Crippen molar-refractivity contribution in [1.82, 2.24) is 4.72 Å². The number of hydrogen-bond donors (Lipinski definition) is 1. The van der Waals surface area contributed by atoms with E-state index in [1.807, 2.05) is 0 Å². The average Bonchev–Trinajstić information content (AvgIpc) is 2.47. The van der Waals surface area contributed by atoms with Gasteiger partial charge in [-0.1, -0.05) is 23.7 Å². The molecule has 1 atom stereocenters. The number of hydrogen-bond acceptors (Lipinski definition) is 3. The molecule has 0 aliphatic rings. The molecule has 0 saturated heterocycles. The molecule has 118 valence electrons. The maximum absolute atomic E-state index is 13.7. The number of halogens is 2. The Hall–Kier alpha value is -1.63. The Bertz CT molecular complexity index is 763. The number of methoxy groups -OCH3 is 1. The van der Waals surface area contributed by atoms with Crippen molar-refractivity contribution in [3.63, 3.8) is 0 Å². The second-order valence-electron chi connectivity index (χ2n) is 4.69. The van der Waals surface area contributed by atoms with Gasteiger partial charge in [-0.3, -0.25) is 0 Å². The van der Waals surface area contributed by atoms with Crippen LogP contribution in [0, 0.1) is 5.82 Å². The molecule has 2 aromatic rings. The Morgan fingerprint density at radius 1 is 1.18 bits per heavy atom. The first-order valence-corrected chi connectivity index (χ1v) is 8.31. The van der Waals surface area contributed by atoms with Gasteiger partial charge in [-0.05, 0) is 42.8 Å². The van der Waals surface area contributed by atoms with Gasteiger partial charge in [0.15, 0.2) is 11.6 Å². The van der Waals surface area contributed by atoms with Crippen molar-refractivity contribution in [2.24, 2.45) is 0 Å². The molecular formula is C15H15ClFNO3S. The minimum Gasteiger partial charge on any atom is -0.494 e. The molecule has 4 nitrogen and oxygen atoms in total. The van der Waals surface area contributed by atoms with Gasteiger partial charge in [-0.15, -0.1) is 0 Å². The van der Waals surface area contributed by atoms with Gasteiger partial charge in [0.2, 0.25) is 10.0 Å². The van der Waals surface area contributed by atoms with Gasteiger partial charge in [-0.25, -0.2) is 17.5 Å². The highest BCUT2D eigenvalue weighted by Gasteiger charge is 2.20. The zero-order chi connectivity index (χ0) is 16.3. The highest BCUT2D eigenvalue weighted by molar-refractivity contribution is 7.89. The monoisotopic (exact) mass is 343 g/mol. The molecule has 0 unspecified atom stereocenters. The molecule has 2 aromatic carbocycles. The van der Waals surface area contributed by atoms with Crippen LogP contribution in [0.2, 0.25) is 5.02 Å². The summed E-state index contributed by atoms with van der Waals surface area (Å²) in [4.78, 5) is -0.161. The Balaban J connectivity index is 2.23. The van der Waals surface area contributed by atoms with Gasteiger partial charge in [0.05, 0.1) is 12.0 Å². The lowest BCUT2D eigenvalue weighted by molar-refractivity contribution is 0.385. The van der Waals surface area contributed by atoms with Gasteiger partial charge in [-0.2, -0.15) is 0 Å². The molecule has 0 fully saturated rings. The molecule has 0 spiro atoms. The first kappa shape index (κ1) is 16.7. The number of sulfonamides is 1. The van der Waals surface area contributed by atoms with E-state index in [2.05, 4.69) is 4.72 Å².